The van der Waals surface area contributed by atoms with Gasteiger partial charge in [-0.3, -0.25) is 4.79 Å². The van der Waals surface area contributed by atoms with E-state index in [2.05, 4.69) is 26.3 Å². The third-order valence-corrected chi connectivity index (χ3v) is 5.34. The largest absolute Gasteiger partial charge is 0.391 e. The lowest BCUT2D eigenvalue weighted by Gasteiger charge is -2.32. The van der Waals surface area contributed by atoms with Crippen molar-refractivity contribution < 1.29 is 9.90 Å². The summed E-state index contributed by atoms with van der Waals surface area (Å²) in [5.74, 6) is 0.886. The predicted octanol–water partition coefficient (Wildman–Crippen LogP) is 2.77. The van der Waals surface area contributed by atoms with Crippen molar-refractivity contribution >= 4 is 22.6 Å². The molecular weight excluding hydrogens is 352 g/mol. The monoisotopic (exact) mass is 378 g/mol. The maximum absolute atomic E-state index is 12.4. The van der Waals surface area contributed by atoms with Gasteiger partial charge in [-0.05, 0) is 37.0 Å². The maximum atomic E-state index is 12.4. The van der Waals surface area contributed by atoms with Gasteiger partial charge in [0.15, 0.2) is 0 Å². The van der Waals surface area contributed by atoms with Crippen LogP contribution in [0.5, 0.6) is 0 Å². The van der Waals surface area contributed by atoms with Gasteiger partial charge in [-0.25, -0.2) is 4.98 Å². The van der Waals surface area contributed by atoms with Crippen LogP contribution in [-0.2, 0) is 17.8 Å². The first-order chi connectivity index (χ1) is 13.7. The number of anilines is 1. The molecule has 6 nitrogen and oxygen atoms in total. The van der Waals surface area contributed by atoms with E-state index < -0.39 is 0 Å². The minimum absolute atomic E-state index is 0.0266. The molecule has 4 rings (SSSR count). The van der Waals surface area contributed by atoms with Gasteiger partial charge in [0.05, 0.1) is 6.10 Å². The van der Waals surface area contributed by atoms with Crippen LogP contribution < -0.4 is 10.2 Å². The third-order valence-electron chi connectivity index (χ3n) is 5.34. The van der Waals surface area contributed by atoms with E-state index in [4.69, 9.17) is 0 Å². The first kappa shape index (κ1) is 18.5. The number of pyridine rings is 1. The Hall–Kier alpha value is -2.86. The van der Waals surface area contributed by atoms with Crippen LogP contribution in [0.1, 0.15) is 30.4 Å². The summed E-state index contributed by atoms with van der Waals surface area (Å²) in [7, 11) is 0. The number of nitrogens with zero attached hydrogens (tertiary/aromatic N) is 2. The highest BCUT2D eigenvalue weighted by molar-refractivity contribution is 5.84. The van der Waals surface area contributed by atoms with Crippen LogP contribution in [-0.4, -0.2) is 40.2 Å². The molecule has 0 bridgehead atoms. The van der Waals surface area contributed by atoms with Crippen LogP contribution in [0.4, 0.5) is 5.82 Å². The zero-order valence-corrected chi connectivity index (χ0v) is 15.9. The number of amides is 1. The number of carbonyl (C=O) groups excluding carboxylic acids is 1. The molecule has 146 valence electrons. The lowest BCUT2D eigenvalue weighted by Crippen LogP contribution is -2.39. The molecule has 3 aromatic rings. The number of H-pyrrole nitrogens is 1. The number of nitrogens with one attached hydrogen (secondary N) is 2. The minimum Gasteiger partial charge on any atom is -0.391 e. The van der Waals surface area contributed by atoms with E-state index in [1.807, 2.05) is 36.5 Å². The Kier molecular flexibility index (Phi) is 5.58. The number of hydrogen-bond acceptors (Lipinski definition) is 4. The van der Waals surface area contributed by atoms with E-state index in [1.54, 1.807) is 6.20 Å². The average Bonchev–Trinajstić information content (AvgIpc) is 3.14. The number of piperidine rings is 1. The van der Waals surface area contributed by atoms with Gasteiger partial charge in [0.1, 0.15) is 5.82 Å². The van der Waals surface area contributed by atoms with E-state index in [-0.39, 0.29) is 12.0 Å². The Morgan fingerprint density at radius 1 is 1.25 bits per heavy atom. The fourth-order valence-corrected chi connectivity index (χ4v) is 3.87. The Labute approximate surface area is 164 Å². The number of aliphatic hydroxyl groups is 1. The quantitative estimate of drug-likeness (QED) is 0.616. The van der Waals surface area contributed by atoms with Gasteiger partial charge in [0.2, 0.25) is 5.91 Å². The zero-order valence-electron chi connectivity index (χ0n) is 15.9. The van der Waals surface area contributed by atoms with Gasteiger partial charge in [-0.1, -0.05) is 24.3 Å². The number of carbonyl (C=O) groups is 1. The van der Waals surface area contributed by atoms with Crippen molar-refractivity contribution in [3.05, 3.63) is 59.9 Å². The summed E-state index contributed by atoms with van der Waals surface area (Å²) in [6.45, 7) is 1.93. The number of aromatic amines is 1. The second-order valence-electron chi connectivity index (χ2n) is 7.36. The van der Waals surface area contributed by atoms with Crippen molar-refractivity contribution in [1.82, 2.24) is 15.3 Å². The molecule has 0 radical (unpaired) electrons. The van der Waals surface area contributed by atoms with Gasteiger partial charge in [-0.15, -0.1) is 0 Å². The van der Waals surface area contributed by atoms with Crippen molar-refractivity contribution in [2.24, 2.45) is 0 Å². The van der Waals surface area contributed by atoms with Gasteiger partial charge in [0, 0.05) is 54.9 Å². The molecule has 1 aliphatic heterocycles. The topological polar surface area (TPSA) is 81.2 Å². The number of benzene rings is 1. The fourth-order valence-electron chi connectivity index (χ4n) is 3.87. The number of aliphatic hydroxyl groups excluding tert-OH is 1. The Bertz CT molecular complexity index is 952. The molecule has 0 spiro atoms. The van der Waals surface area contributed by atoms with Gasteiger partial charge >= 0.3 is 0 Å². The molecule has 1 aliphatic rings. The average molecular weight is 378 g/mol. The second-order valence-corrected chi connectivity index (χ2v) is 7.36. The molecule has 28 heavy (non-hydrogen) atoms. The normalized spacial score (nSPS) is 17.0. The zero-order chi connectivity index (χ0) is 19.3. The van der Waals surface area contributed by atoms with Crippen LogP contribution in [0.25, 0.3) is 10.9 Å². The molecule has 1 amide bonds. The molecule has 1 atom stereocenters. The summed E-state index contributed by atoms with van der Waals surface area (Å²) >= 11 is 0. The molecule has 1 aromatic carbocycles. The lowest BCUT2D eigenvalue weighted by atomic mass is 10.1. The number of para-hydroxylation sites is 1. The first-order valence-corrected chi connectivity index (χ1v) is 9.89. The second kappa shape index (κ2) is 8.44. The van der Waals surface area contributed by atoms with Crippen LogP contribution in [0.2, 0.25) is 0 Å². The molecule has 2 aromatic heterocycles. The minimum atomic E-state index is -0.311. The molecule has 0 saturated carbocycles. The number of aryl methyl sites for hydroxylation is 1. The predicted molar refractivity (Wildman–Crippen MR) is 110 cm³/mol. The first-order valence-electron chi connectivity index (χ1n) is 9.89. The molecule has 1 unspecified atom stereocenters. The van der Waals surface area contributed by atoms with E-state index in [9.17, 15) is 9.90 Å². The Balaban J connectivity index is 1.35. The Morgan fingerprint density at radius 3 is 3.04 bits per heavy atom. The molecule has 3 N–H and O–H groups in total. The summed E-state index contributed by atoms with van der Waals surface area (Å²) in [5.41, 5.74) is 3.24. The third kappa shape index (κ3) is 4.17. The standard InChI is InChI=1S/C22H26N4O2/c27-18-6-4-12-26(15-18)22-17(5-3-11-23-22)14-25-21(28)10-9-16-13-24-20-8-2-1-7-19(16)20/h1-3,5,7-8,11,13,18,24,27H,4,6,9-10,12,14-15H2,(H,25,28). The summed E-state index contributed by atoms with van der Waals surface area (Å²) in [6, 6.07) is 12.0. The fraction of sp³-hybridized carbons (Fsp3) is 0.364. The van der Waals surface area contributed by atoms with Crippen LogP contribution >= 0.6 is 0 Å². The smallest absolute Gasteiger partial charge is 0.220 e. The number of aromatic nitrogens is 2. The number of hydrogen-bond donors (Lipinski definition) is 3. The van der Waals surface area contributed by atoms with Crippen LogP contribution in [0.3, 0.4) is 0 Å². The van der Waals surface area contributed by atoms with Gasteiger partial charge < -0.3 is 20.3 Å². The van der Waals surface area contributed by atoms with Crippen molar-refractivity contribution in [3.8, 4) is 0 Å². The van der Waals surface area contributed by atoms with E-state index in [0.29, 0.717) is 25.9 Å². The molecule has 1 saturated heterocycles. The maximum Gasteiger partial charge on any atom is 0.220 e. The summed E-state index contributed by atoms with van der Waals surface area (Å²) in [6.07, 6.45) is 6.37. The molecular formula is C22H26N4O2. The molecule has 6 heteroatoms. The van der Waals surface area contributed by atoms with Crippen molar-refractivity contribution in [2.75, 3.05) is 18.0 Å². The van der Waals surface area contributed by atoms with Crippen molar-refractivity contribution in [1.29, 1.82) is 0 Å². The number of fused-ring (bicyclic) bond motifs is 1. The number of β-amino-alcohol motifs (C(OH)–C–C–N with tert-alkyl or cyclic N) is 1. The van der Waals surface area contributed by atoms with E-state index >= 15 is 0 Å². The lowest BCUT2D eigenvalue weighted by molar-refractivity contribution is -0.121. The molecule has 3 heterocycles. The highest BCUT2D eigenvalue weighted by atomic mass is 16.3. The van der Waals surface area contributed by atoms with E-state index in [0.717, 1.165) is 41.8 Å². The SMILES string of the molecule is O=C(CCc1c[nH]c2ccccc12)NCc1cccnc1N1CCCC(O)C1. The molecule has 1 fully saturated rings. The van der Waals surface area contributed by atoms with E-state index in [1.165, 1.54) is 5.39 Å². The summed E-state index contributed by atoms with van der Waals surface area (Å²) < 4.78 is 0. The summed E-state index contributed by atoms with van der Waals surface area (Å²) in [4.78, 5) is 22.3. The summed E-state index contributed by atoms with van der Waals surface area (Å²) in [5, 5.41) is 14.1. The van der Waals surface area contributed by atoms with Crippen LogP contribution in [0.15, 0.2) is 48.8 Å². The van der Waals surface area contributed by atoms with Gasteiger partial charge in [0.25, 0.3) is 0 Å². The van der Waals surface area contributed by atoms with Gasteiger partial charge in [-0.2, -0.15) is 0 Å². The highest BCUT2D eigenvalue weighted by Gasteiger charge is 2.21. The van der Waals surface area contributed by atoms with Crippen molar-refractivity contribution in [2.45, 2.75) is 38.3 Å². The highest BCUT2D eigenvalue weighted by Crippen LogP contribution is 2.22. The van der Waals surface area contributed by atoms with Crippen LogP contribution in [0, 0.1) is 0 Å². The molecule has 0 aliphatic carbocycles. The Morgan fingerprint density at radius 2 is 2.14 bits per heavy atom. The number of rotatable bonds is 6. The van der Waals surface area contributed by atoms with Crippen molar-refractivity contribution in [3.63, 3.8) is 0 Å².